The van der Waals surface area contributed by atoms with Gasteiger partial charge >= 0.3 is 5.97 Å². The molecule has 0 saturated carbocycles. The number of carboxylic acid groups (broad SMARTS) is 1. The Kier molecular flexibility index (Phi) is 3.53. The summed E-state index contributed by atoms with van der Waals surface area (Å²) < 4.78 is 0. The molecule has 0 bridgehead atoms. The number of nitrogens with one attached hydrogen (secondary N) is 1. The zero-order valence-electron chi connectivity index (χ0n) is 11.0. The maximum atomic E-state index is 11.8. The molecule has 2 rings (SSSR count). The second-order valence-electron chi connectivity index (χ2n) is 5.04. The Morgan fingerprint density at radius 2 is 2.32 bits per heavy atom. The summed E-state index contributed by atoms with van der Waals surface area (Å²) in [5.41, 5.74) is 0.00741. The first-order valence-electron chi connectivity index (χ1n) is 6.13. The maximum Gasteiger partial charge on any atom is 0.337 e. The third-order valence-electron chi connectivity index (χ3n) is 3.47. The molecule has 1 aromatic heterocycles. The number of amides is 1. The predicted molar refractivity (Wildman–Crippen MR) is 68.7 cm³/mol. The van der Waals surface area contributed by atoms with Crippen LogP contribution >= 0.6 is 0 Å². The number of piperazine rings is 1. The van der Waals surface area contributed by atoms with Crippen molar-refractivity contribution >= 4 is 11.9 Å². The van der Waals surface area contributed by atoms with Crippen molar-refractivity contribution in [2.24, 2.45) is 0 Å². The summed E-state index contributed by atoms with van der Waals surface area (Å²) in [4.78, 5) is 29.1. The average molecular weight is 263 g/mol. The van der Waals surface area contributed by atoms with Gasteiger partial charge in [0.15, 0.2) is 0 Å². The summed E-state index contributed by atoms with van der Waals surface area (Å²) in [6.45, 7) is 5.24. The number of aromatic carboxylic acids is 1. The molecule has 1 aliphatic rings. The lowest BCUT2D eigenvalue weighted by molar-refractivity contribution is -0.135. The molecule has 6 nitrogen and oxygen atoms in total. The molecule has 0 spiro atoms. The van der Waals surface area contributed by atoms with Crippen LogP contribution in [0.15, 0.2) is 18.3 Å². The third kappa shape index (κ3) is 2.58. The highest BCUT2D eigenvalue weighted by Crippen LogP contribution is 2.21. The fourth-order valence-corrected chi connectivity index (χ4v) is 2.16. The number of carboxylic acids is 1. The lowest BCUT2D eigenvalue weighted by Gasteiger charge is -2.41. The largest absolute Gasteiger partial charge is 0.478 e. The topological polar surface area (TPSA) is 82.5 Å². The van der Waals surface area contributed by atoms with E-state index in [1.54, 1.807) is 12.3 Å². The van der Waals surface area contributed by atoms with Crippen molar-refractivity contribution in [3.63, 3.8) is 0 Å². The quantitative estimate of drug-likeness (QED) is 0.829. The molecule has 2 heterocycles. The van der Waals surface area contributed by atoms with E-state index >= 15 is 0 Å². The lowest BCUT2D eigenvalue weighted by atomic mass is 9.98. The summed E-state index contributed by atoms with van der Waals surface area (Å²) in [6.07, 6.45) is 1.57. The van der Waals surface area contributed by atoms with E-state index in [2.05, 4.69) is 10.3 Å². The summed E-state index contributed by atoms with van der Waals surface area (Å²) in [5, 5.41) is 11.9. The van der Waals surface area contributed by atoms with Crippen LogP contribution in [0.2, 0.25) is 0 Å². The van der Waals surface area contributed by atoms with Crippen molar-refractivity contribution in [2.75, 3.05) is 13.1 Å². The number of aromatic nitrogens is 1. The van der Waals surface area contributed by atoms with Crippen LogP contribution in [0.25, 0.3) is 0 Å². The number of nitrogens with zero attached hydrogens (tertiary/aromatic N) is 2. The van der Waals surface area contributed by atoms with E-state index in [-0.39, 0.29) is 11.5 Å². The van der Waals surface area contributed by atoms with Gasteiger partial charge in [0.1, 0.15) is 0 Å². The minimum atomic E-state index is -0.998. The van der Waals surface area contributed by atoms with Gasteiger partial charge in [-0.05, 0) is 26.0 Å². The summed E-state index contributed by atoms with van der Waals surface area (Å²) in [7, 11) is 0. The van der Waals surface area contributed by atoms with Gasteiger partial charge in [0.05, 0.1) is 16.8 Å². The number of hydrogen-bond donors (Lipinski definition) is 2. The molecular formula is C13H17N3O3. The van der Waals surface area contributed by atoms with Gasteiger partial charge in [0.2, 0.25) is 5.91 Å². The van der Waals surface area contributed by atoms with E-state index in [1.807, 2.05) is 18.7 Å². The van der Waals surface area contributed by atoms with Crippen LogP contribution in [0.5, 0.6) is 0 Å². The van der Waals surface area contributed by atoms with Crippen molar-refractivity contribution in [2.45, 2.75) is 25.9 Å². The van der Waals surface area contributed by atoms with Crippen molar-refractivity contribution in [3.8, 4) is 0 Å². The number of pyridine rings is 1. The Morgan fingerprint density at radius 3 is 3.00 bits per heavy atom. The van der Waals surface area contributed by atoms with E-state index in [4.69, 9.17) is 5.11 Å². The Bertz CT molecular complexity index is 514. The zero-order chi connectivity index (χ0) is 14.0. The molecule has 0 unspecified atom stereocenters. The van der Waals surface area contributed by atoms with E-state index in [1.165, 1.54) is 6.07 Å². The van der Waals surface area contributed by atoms with Crippen molar-refractivity contribution in [1.82, 2.24) is 15.2 Å². The molecule has 6 heteroatoms. The summed E-state index contributed by atoms with van der Waals surface area (Å²) >= 11 is 0. The van der Waals surface area contributed by atoms with E-state index in [9.17, 15) is 9.59 Å². The number of hydrogen-bond acceptors (Lipinski definition) is 4. The van der Waals surface area contributed by atoms with Crippen LogP contribution < -0.4 is 5.32 Å². The highest BCUT2D eigenvalue weighted by Gasteiger charge is 2.37. The number of carbonyl (C=O) groups is 2. The van der Waals surface area contributed by atoms with Gasteiger partial charge in [0, 0.05) is 25.8 Å². The molecule has 1 amide bonds. The molecule has 2 N–H and O–H groups in total. The van der Waals surface area contributed by atoms with Gasteiger partial charge in [-0.25, -0.2) is 4.79 Å². The Hall–Kier alpha value is -1.95. The molecule has 0 atom stereocenters. The molecular weight excluding hydrogens is 246 g/mol. The molecule has 1 aromatic rings. The molecule has 1 saturated heterocycles. The number of carbonyl (C=O) groups excluding carboxylic acids is 1. The second-order valence-corrected chi connectivity index (χ2v) is 5.04. The van der Waals surface area contributed by atoms with Gasteiger partial charge in [-0.2, -0.15) is 0 Å². The zero-order valence-corrected chi connectivity index (χ0v) is 11.0. The molecule has 0 aliphatic carbocycles. The predicted octanol–water partition coefficient (Wildman–Crippen LogP) is 0.490. The first-order chi connectivity index (χ1) is 8.93. The fourth-order valence-electron chi connectivity index (χ4n) is 2.16. The summed E-state index contributed by atoms with van der Waals surface area (Å²) in [6, 6.07) is 3.13. The lowest BCUT2D eigenvalue weighted by Crippen LogP contribution is -2.61. The fraction of sp³-hybridized carbons (Fsp3) is 0.462. The van der Waals surface area contributed by atoms with Gasteiger partial charge in [-0.3, -0.25) is 14.7 Å². The van der Waals surface area contributed by atoms with Crippen LogP contribution in [0.4, 0.5) is 0 Å². The molecule has 1 aliphatic heterocycles. The van der Waals surface area contributed by atoms with E-state index in [0.717, 1.165) is 0 Å². The Balaban J connectivity index is 2.26. The second kappa shape index (κ2) is 4.97. The highest BCUT2D eigenvalue weighted by atomic mass is 16.4. The molecule has 0 radical (unpaired) electrons. The van der Waals surface area contributed by atoms with Crippen molar-refractivity contribution in [1.29, 1.82) is 0 Å². The maximum absolute atomic E-state index is 11.8. The summed E-state index contributed by atoms with van der Waals surface area (Å²) in [5.74, 6) is -1.05. The third-order valence-corrected chi connectivity index (χ3v) is 3.47. The molecule has 1 fully saturated rings. The minimum absolute atomic E-state index is 0.0495. The smallest absolute Gasteiger partial charge is 0.337 e. The first-order valence-corrected chi connectivity index (χ1v) is 6.13. The van der Waals surface area contributed by atoms with Crippen molar-refractivity contribution < 1.29 is 14.7 Å². The Morgan fingerprint density at radius 1 is 1.58 bits per heavy atom. The number of rotatable bonds is 3. The SMILES string of the molecule is CC1(C)C(=O)NCCN1Cc1ncccc1C(=O)O. The Labute approximate surface area is 111 Å². The monoisotopic (exact) mass is 263 g/mol. The van der Waals surface area contributed by atoms with Crippen LogP contribution in [-0.4, -0.2) is 45.5 Å². The van der Waals surface area contributed by atoms with E-state index < -0.39 is 11.5 Å². The van der Waals surface area contributed by atoms with Crippen LogP contribution in [0.1, 0.15) is 29.9 Å². The van der Waals surface area contributed by atoms with E-state index in [0.29, 0.717) is 25.3 Å². The van der Waals surface area contributed by atoms with Gasteiger partial charge in [0.25, 0.3) is 0 Å². The highest BCUT2D eigenvalue weighted by molar-refractivity contribution is 5.89. The first kappa shape index (κ1) is 13.5. The van der Waals surface area contributed by atoms with Crippen LogP contribution in [0.3, 0.4) is 0 Å². The molecule has 19 heavy (non-hydrogen) atoms. The van der Waals surface area contributed by atoms with Crippen LogP contribution in [-0.2, 0) is 11.3 Å². The average Bonchev–Trinajstić information content (AvgIpc) is 2.36. The van der Waals surface area contributed by atoms with Crippen LogP contribution in [0, 0.1) is 0 Å². The molecule has 102 valence electrons. The normalized spacial score (nSPS) is 18.9. The minimum Gasteiger partial charge on any atom is -0.478 e. The van der Waals surface area contributed by atoms with Gasteiger partial charge in [-0.15, -0.1) is 0 Å². The molecule has 0 aromatic carbocycles. The van der Waals surface area contributed by atoms with Crippen molar-refractivity contribution in [3.05, 3.63) is 29.6 Å². The van der Waals surface area contributed by atoms with Gasteiger partial charge in [-0.1, -0.05) is 0 Å². The van der Waals surface area contributed by atoms with Gasteiger partial charge < -0.3 is 10.4 Å². The standard InChI is InChI=1S/C13H17N3O3/c1-13(2)12(19)15-6-7-16(13)8-10-9(11(17)18)4-3-5-14-10/h3-5H,6-8H2,1-2H3,(H,15,19)(H,17,18).